The molecule has 0 spiro atoms. The van der Waals surface area contributed by atoms with Crippen LogP contribution in [0.3, 0.4) is 0 Å². The van der Waals surface area contributed by atoms with Crippen LogP contribution in [0.2, 0.25) is 81.9 Å². The fraction of sp³-hybridized carbons (Fsp3) is 0.348. The first-order valence-corrected chi connectivity index (χ1v) is 49.7. The number of para-hydroxylation sites is 7. The summed E-state index contributed by atoms with van der Waals surface area (Å²) in [5.41, 5.74) is 15.0. The minimum absolute atomic E-state index is 0. The molecule has 10 radical (unpaired) electrons. The molecule has 0 aromatic heterocycles. The average Bonchev–Trinajstić information content (AvgIpc) is 1.03. The van der Waals surface area contributed by atoms with Crippen molar-refractivity contribution in [3.8, 4) is 0 Å². The third-order valence-electron chi connectivity index (χ3n) is 25.7. The Labute approximate surface area is 897 Å². The van der Waals surface area contributed by atoms with E-state index in [1.54, 1.807) is 0 Å². The van der Waals surface area contributed by atoms with Gasteiger partial charge in [0.15, 0.2) is 0 Å². The first kappa shape index (κ1) is 120. The van der Waals surface area contributed by atoms with Gasteiger partial charge in [0.05, 0.1) is 0 Å². The second-order valence-corrected chi connectivity index (χ2v) is 43.4. The van der Waals surface area contributed by atoms with Crippen molar-refractivity contribution in [3.05, 3.63) is 297 Å². The van der Waals surface area contributed by atoms with Gasteiger partial charge in [-0.05, 0) is 132 Å². The van der Waals surface area contributed by atoms with Gasteiger partial charge in [0.1, 0.15) is 0 Å². The summed E-state index contributed by atoms with van der Waals surface area (Å²) < 4.78 is 39.3. The molecule has 0 unspecified atom stereocenters. The number of hydrogen-bond acceptors (Lipinski definition) is 20. The number of nitrogens with one attached hydrogen (secondary N) is 1. The quantitative estimate of drug-likeness (QED) is 0.110. The van der Waals surface area contributed by atoms with Crippen LogP contribution in [0.1, 0.15) is 58.2 Å². The predicted molar refractivity (Wildman–Crippen MR) is 568 cm³/mol. The van der Waals surface area contributed by atoms with Crippen molar-refractivity contribution in [2.45, 2.75) is 148 Å². The predicted octanol–water partition coefficient (Wildman–Crippen LogP) is 12.6. The molecule has 1 N–H and O–H groups in total. The van der Waals surface area contributed by atoms with E-state index in [1.165, 1.54) is 56.5 Å². The van der Waals surface area contributed by atoms with E-state index in [9.17, 15) is 0 Å². The summed E-state index contributed by atoms with van der Waals surface area (Å²) in [6.07, 6.45) is 3.83. The Hall–Kier alpha value is -3.93. The van der Waals surface area contributed by atoms with Crippen molar-refractivity contribution in [1.29, 1.82) is 0 Å². The largest absolute Gasteiger partial charge is 4.00 e. The molecule has 0 bridgehead atoms. The van der Waals surface area contributed by atoms with Crippen LogP contribution in [0, 0.1) is 69.6 Å². The van der Waals surface area contributed by atoms with Gasteiger partial charge in [0.2, 0.25) is 29.5 Å². The minimum atomic E-state index is -0.0464. The van der Waals surface area contributed by atoms with Crippen LogP contribution in [-0.2, 0) is 126 Å². The maximum atomic E-state index is 3.45. The Balaban J connectivity index is 0.000000322. The Kier molecular flexibility index (Phi) is 51.5. The fourth-order valence-electron chi connectivity index (χ4n) is 16.4. The van der Waals surface area contributed by atoms with Gasteiger partial charge in [-0.1, -0.05) is 181 Å². The molecule has 0 atom stereocenters. The summed E-state index contributed by atoms with van der Waals surface area (Å²) in [5, 5.41) is 2.97. The van der Waals surface area contributed by atoms with Crippen LogP contribution in [0.4, 0.5) is 51.2 Å². The van der Waals surface area contributed by atoms with E-state index in [1.807, 2.05) is 103 Å². The first-order valence-electron chi connectivity index (χ1n) is 44.5. The standard InChI is InChI=1S/C18H25B2N3Si.C15H19B2N3Si.C14H25B2N3Si.C12H21B2N3Si.C11H17B2N3.C10H17B2N3Si.C9H8N2.5Ir.Os/c1-18(2,3)23-19(4)21(16-12-8-6-9-13-16)24-22(20(23)5)17-14-10-7-11-15-17;1-16-18(3)17(2)20(15-12-8-5-9-13-15)21-19(16)14-10-6-4-7-11-14;1-14(2,3)12-9-8-10-13(11-12)19-16(5)17(6)15(4)18(7)20-19;1-10-7-8-12(11(2)9-10)17-14(4)15(5)13(3)16(6)18-17;1-12-14(3)10-16(13(2)15(12)4)11-8-6-5-7-9-11;1-11-13(3)12(2)15(16-14(11)4)10-8-6-5-7-9-10;1-2-4-9(5-3-1)11-7-6-10-8-11;;;;;;/h6-14,24H,1-5H3;4-12,21H,1-3H3;8-9,11,20H,1-7H3;7,9,18H,1-6H3;5-8,10H,1-4H3;5-8,16H,1-4H3;1-4,6-8,10H;;;;;;/q4*-1;-2;-1;-2;;;;;;+4. The van der Waals surface area contributed by atoms with Crippen LogP contribution in [0.25, 0.3) is 0 Å². The van der Waals surface area contributed by atoms with Crippen molar-refractivity contribution < 1.29 is 120 Å². The average molecular weight is 2900 g/mol. The minimum Gasteiger partial charge on any atom is -0.562 e. The van der Waals surface area contributed by atoms with Gasteiger partial charge in [-0.25, -0.2) is 6.67 Å². The smallest absolute Gasteiger partial charge is 0.562 e. The number of anilines is 9. The summed E-state index contributed by atoms with van der Waals surface area (Å²) in [6.45, 7) is 54.4. The van der Waals surface area contributed by atoms with E-state index in [0.717, 1.165) is 11.4 Å². The van der Waals surface area contributed by atoms with Crippen LogP contribution < -0.4 is 46.4 Å². The van der Waals surface area contributed by atoms with Crippen molar-refractivity contribution in [2.75, 3.05) is 104 Å². The van der Waals surface area contributed by atoms with E-state index < -0.39 is 0 Å². The molecule has 702 valence electrons. The number of rotatable bonds is 9. The van der Waals surface area contributed by atoms with Crippen molar-refractivity contribution in [1.82, 2.24) is 51.9 Å². The molecular formula is C89H132B12Ir5N20OsSi5-5. The monoisotopic (exact) mass is 2910 g/mol. The van der Waals surface area contributed by atoms with Gasteiger partial charge in [-0.2, -0.15) is 188 Å². The topological polar surface area (TPSA) is 73.6 Å². The van der Waals surface area contributed by atoms with E-state index in [0.29, 0.717) is 83.8 Å². The summed E-state index contributed by atoms with van der Waals surface area (Å²) >= 11 is 0. The summed E-state index contributed by atoms with van der Waals surface area (Å²) in [4.78, 5) is 6.42. The molecule has 9 aromatic carbocycles. The van der Waals surface area contributed by atoms with Gasteiger partial charge < -0.3 is 92.9 Å². The molecule has 43 heteroatoms. The third kappa shape index (κ3) is 31.5. The number of nitrogens with zero attached hydrogens (tertiary/aromatic N) is 19. The molecule has 7 aliphatic rings. The number of benzene rings is 9. The van der Waals surface area contributed by atoms with Crippen LogP contribution >= 0.6 is 0 Å². The SMILES string of the molecule is CB1N(C)B(C)N(c2ccccc2)[SiH]N1c1[c-]cccc1.CB1N(C)[CH-]N(c2[c-]cccc2)B(C)N1C.CB1N(C)[SiH]N(c2[c-]cc(C)cc2C)B(C)N1C.CB1N(C)[SiH]N(c2[c-]ccc(C(C)(C)C)c2)B(C)N1C.CB1N(C)[SiH]N(c2[c-]cccc2)B(C)N1C.CB1N(c2[c-]cccc2)[SiH]N(c2ccccc2)B(C)N1C(C)(C)C.[Ir].[Ir].[Ir].[Ir].[Ir].[Os+4].[c-]1ccccc1N1C=CN[CH-]1. The molecule has 6 fully saturated rings. The summed E-state index contributed by atoms with van der Waals surface area (Å²) in [6, 6.07) is 96.4. The Bertz CT molecular complexity index is 4630. The van der Waals surface area contributed by atoms with Gasteiger partial charge >= 0.3 is 68.7 Å². The van der Waals surface area contributed by atoms with Crippen molar-refractivity contribution in [2.24, 2.45) is 0 Å². The van der Waals surface area contributed by atoms with Crippen LogP contribution in [0.5, 0.6) is 0 Å². The van der Waals surface area contributed by atoms with E-state index in [-0.39, 0.29) is 180 Å². The van der Waals surface area contributed by atoms with Crippen molar-refractivity contribution in [3.63, 3.8) is 0 Å². The maximum absolute atomic E-state index is 3.45. The molecule has 9 aromatic rings. The molecule has 7 aliphatic heterocycles. The molecule has 6 saturated heterocycles. The van der Waals surface area contributed by atoms with E-state index in [4.69, 9.17) is 0 Å². The molecular weight excluding hydrogens is 2770 g/mol. The third-order valence-corrected chi connectivity index (χ3v) is 34.8. The van der Waals surface area contributed by atoms with Gasteiger partial charge in [-0.3, -0.25) is 0 Å². The van der Waals surface area contributed by atoms with Crippen LogP contribution in [0.15, 0.2) is 225 Å². The van der Waals surface area contributed by atoms with Crippen LogP contribution in [-0.4, -0.2) is 249 Å². The zero-order valence-corrected chi connectivity index (χ0v) is 103. The maximum Gasteiger partial charge on any atom is 4.00 e. The zero-order valence-electron chi connectivity index (χ0n) is 82.8. The van der Waals surface area contributed by atoms with E-state index >= 15 is 0 Å². The van der Waals surface area contributed by atoms with Gasteiger partial charge in [0, 0.05) is 112 Å². The van der Waals surface area contributed by atoms with Gasteiger partial charge in [0.25, 0.3) is 54.6 Å². The molecule has 7 heterocycles. The Morgan fingerprint density at radius 2 is 0.674 bits per heavy atom. The Morgan fingerprint density at radius 1 is 0.333 bits per heavy atom. The fourth-order valence-corrected chi connectivity index (χ4v) is 24.1. The first-order chi connectivity index (χ1) is 59.9. The molecule has 20 nitrogen and oxygen atoms in total. The summed E-state index contributed by atoms with van der Waals surface area (Å²) in [7, 11) is 20.0. The number of aryl methyl sites for hydroxylation is 2. The molecule has 0 amide bonds. The zero-order chi connectivity index (χ0) is 91.6. The molecule has 0 saturated carbocycles. The summed E-state index contributed by atoms with van der Waals surface area (Å²) in [5.74, 6) is 0. The number of hydrogen-bond donors (Lipinski definition) is 1. The Morgan fingerprint density at radius 3 is 1.07 bits per heavy atom. The molecule has 16 rings (SSSR count). The molecule has 0 aliphatic carbocycles. The van der Waals surface area contributed by atoms with Crippen molar-refractivity contribution >= 4 is 184 Å². The molecule has 132 heavy (non-hydrogen) atoms. The second-order valence-electron chi connectivity index (χ2n) is 36.0. The van der Waals surface area contributed by atoms with Gasteiger partial charge in [-0.15, -0.1) is 41.2 Å². The second kappa shape index (κ2) is 56.5. The normalized spacial score (nSPS) is 17.0. The van der Waals surface area contributed by atoms with E-state index in [2.05, 4.69) is 471 Å².